The summed E-state index contributed by atoms with van der Waals surface area (Å²) in [4.78, 5) is 23.7. The van der Waals surface area contributed by atoms with Gasteiger partial charge in [0.05, 0.1) is 6.42 Å². The number of hydrogen-bond donors (Lipinski definition) is 0. The van der Waals surface area contributed by atoms with Crippen molar-refractivity contribution in [1.82, 2.24) is 0 Å². The molecule has 2 saturated carbocycles. The molecular formula is C22H32O5. The zero-order chi connectivity index (χ0) is 19.6. The zero-order valence-electron chi connectivity index (χ0n) is 17.0. The first kappa shape index (κ1) is 19.0. The topological polar surface area (TPSA) is 61.8 Å². The number of allylic oxidation sites excluding steroid dienone is 1. The molecule has 2 heterocycles. The summed E-state index contributed by atoms with van der Waals surface area (Å²) in [6.07, 6.45) is 4.73. The van der Waals surface area contributed by atoms with Crippen molar-refractivity contribution in [2.45, 2.75) is 78.8 Å². The Balaban J connectivity index is 1.73. The molecular weight excluding hydrogens is 344 g/mol. The molecule has 0 radical (unpaired) electrons. The summed E-state index contributed by atoms with van der Waals surface area (Å²) in [6.45, 7) is 13.0. The van der Waals surface area contributed by atoms with Crippen LogP contribution in [0.5, 0.6) is 0 Å². The second-order valence-corrected chi connectivity index (χ2v) is 9.99. The van der Waals surface area contributed by atoms with E-state index in [4.69, 9.17) is 14.2 Å². The fraction of sp³-hybridized carbons (Fsp3) is 0.818. The lowest BCUT2D eigenvalue weighted by Crippen LogP contribution is -2.44. The summed E-state index contributed by atoms with van der Waals surface area (Å²) in [5.74, 6) is 0.260. The van der Waals surface area contributed by atoms with Crippen LogP contribution in [0.4, 0.5) is 0 Å². The average molecular weight is 376 g/mol. The van der Waals surface area contributed by atoms with Crippen LogP contribution < -0.4 is 0 Å². The van der Waals surface area contributed by atoms with Crippen molar-refractivity contribution in [1.29, 1.82) is 0 Å². The Bertz CT molecular complexity index is 668. The van der Waals surface area contributed by atoms with Crippen LogP contribution in [0.15, 0.2) is 12.2 Å². The molecule has 0 amide bonds. The van der Waals surface area contributed by atoms with E-state index in [1.54, 1.807) is 0 Å². The van der Waals surface area contributed by atoms with Crippen molar-refractivity contribution in [2.24, 2.45) is 34.5 Å². The van der Waals surface area contributed by atoms with Crippen LogP contribution in [-0.2, 0) is 23.8 Å². The van der Waals surface area contributed by atoms with E-state index in [0.29, 0.717) is 18.3 Å². The number of hydrogen-bond acceptors (Lipinski definition) is 5. The summed E-state index contributed by atoms with van der Waals surface area (Å²) in [7, 11) is 0. The third-order valence-electron chi connectivity index (χ3n) is 7.94. The lowest BCUT2D eigenvalue weighted by molar-refractivity contribution is -0.214. The molecule has 2 unspecified atom stereocenters. The van der Waals surface area contributed by atoms with E-state index in [-0.39, 0.29) is 34.6 Å². The van der Waals surface area contributed by atoms with Crippen molar-refractivity contribution in [3.8, 4) is 0 Å². The van der Waals surface area contributed by atoms with Crippen LogP contribution >= 0.6 is 0 Å². The fourth-order valence-electron chi connectivity index (χ4n) is 6.79. The minimum atomic E-state index is -0.645. The number of ether oxygens (including phenoxy) is 3. The maximum absolute atomic E-state index is 11.9. The summed E-state index contributed by atoms with van der Waals surface area (Å²) in [5, 5.41) is 0. The molecule has 2 saturated heterocycles. The molecule has 0 spiro atoms. The minimum absolute atomic E-state index is 0.0431. The number of fused-ring (bicyclic) bond motifs is 2. The summed E-state index contributed by atoms with van der Waals surface area (Å²) < 4.78 is 16.9. The van der Waals surface area contributed by atoms with Crippen molar-refractivity contribution >= 4 is 11.9 Å². The zero-order valence-corrected chi connectivity index (χ0v) is 17.0. The second-order valence-electron chi connectivity index (χ2n) is 9.99. The van der Waals surface area contributed by atoms with Crippen LogP contribution in [0.25, 0.3) is 0 Å². The maximum Gasteiger partial charge on any atom is 0.308 e. The Morgan fingerprint density at radius 2 is 2.00 bits per heavy atom. The van der Waals surface area contributed by atoms with Crippen LogP contribution in [-0.4, -0.2) is 24.5 Å². The first-order chi connectivity index (χ1) is 12.6. The summed E-state index contributed by atoms with van der Waals surface area (Å²) in [6, 6.07) is 0. The highest BCUT2D eigenvalue weighted by Crippen LogP contribution is 2.65. The lowest BCUT2D eigenvalue weighted by atomic mass is 9.59. The number of carbonyl (C=O) groups is 2. The highest BCUT2D eigenvalue weighted by atomic mass is 16.8. The van der Waals surface area contributed by atoms with E-state index in [1.165, 1.54) is 25.3 Å². The summed E-state index contributed by atoms with van der Waals surface area (Å²) >= 11 is 0. The molecule has 0 aromatic rings. The molecule has 5 heteroatoms. The van der Waals surface area contributed by atoms with Gasteiger partial charge in [-0.1, -0.05) is 32.9 Å². The Kier molecular flexibility index (Phi) is 4.45. The van der Waals surface area contributed by atoms with Crippen LogP contribution in [0.2, 0.25) is 0 Å². The van der Waals surface area contributed by atoms with Gasteiger partial charge in [-0.25, -0.2) is 0 Å². The molecule has 0 aromatic carbocycles. The average Bonchev–Trinajstić information content (AvgIpc) is 3.14. The lowest BCUT2D eigenvalue weighted by Gasteiger charge is -2.44. The third kappa shape index (κ3) is 2.93. The van der Waals surface area contributed by atoms with Gasteiger partial charge in [0.25, 0.3) is 0 Å². The van der Waals surface area contributed by atoms with Crippen LogP contribution in [0.3, 0.4) is 0 Å². The molecule has 0 bridgehead atoms. The number of rotatable bonds is 2. The van der Waals surface area contributed by atoms with Crippen molar-refractivity contribution in [2.75, 3.05) is 0 Å². The van der Waals surface area contributed by atoms with Gasteiger partial charge < -0.3 is 14.2 Å². The van der Waals surface area contributed by atoms with Crippen LogP contribution in [0.1, 0.15) is 66.2 Å². The van der Waals surface area contributed by atoms with E-state index in [1.807, 2.05) is 0 Å². The first-order valence-corrected chi connectivity index (χ1v) is 10.3. The second kappa shape index (κ2) is 6.33. The van der Waals surface area contributed by atoms with Crippen LogP contribution in [0, 0.1) is 34.5 Å². The van der Waals surface area contributed by atoms with Gasteiger partial charge in [-0.15, -0.1) is 0 Å². The SMILES string of the molecule is C=C1CCCC(C)(C)[C@@H]2CC[C@@](C)([C@H]3C4CC(=O)OC4O[C@@H]3OC(C)=O)[C@H]12. The van der Waals surface area contributed by atoms with Gasteiger partial charge in [0.2, 0.25) is 12.6 Å². The third-order valence-corrected chi connectivity index (χ3v) is 7.94. The highest BCUT2D eigenvalue weighted by Gasteiger charge is 2.64. The predicted octanol–water partition coefficient (Wildman–Crippen LogP) is 4.21. The van der Waals surface area contributed by atoms with Crippen molar-refractivity contribution in [3.63, 3.8) is 0 Å². The summed E-state index contributed by atoms with van der Waals surface area (Å²) in [5.41, 5.74) is 1.47. The molecule has 4 aliphatic rings. The molecule has 2 aliphatic heterocycles. The van der Waals surface area contributed by atoms with E-state index in [0.717, 1.165) is 19.3 Å². The normalized spacial score (nSPS) is 45.8. The molecule has 4 rings (SSSR count). The molecule has 27 heavy (non-hydrogen) atoms. The molecule has 7 atom stereocenters. The van der Waals surface area contributed by atoms with Gasteiger partial charge >= 0.3 is 11.9 Å². The fourth-order valence-corrected chi connectivity index (χ4v) is 6.79. The molecule has 0 N–H and O–H groups in total. The standard InChI is InChI=1S/C22H32O5/c1-12-7-6-9-21(3,4)15-8-10-22(5,17(12)15)18-14-11-16(24)26-19(14)27-20(18)25-13(2)23/h14-15,17-20H,1,6-11H2,2-5H3/t14?,15-,17-,18+,19?,20+,22-/m1/s1. The molecule has 150 valence electrons. The van der Waals surface area contributed by atoms with Gasteiger partial charge in [-0.2, -0.15) is 0 Å². The Hall–Kier alpha value is -1.36. The van der Waals surface area contributed by atoms with Gasteiger partial charge in [0.15, 0.2) is 0 Å². The smallest absolute Gasteiger partial charge is 0.308 e. The monoisotopic (exact) mass is 376 g/mol. The first-order valence-electron chi connectivity index (χ1n) is 10.3. The molecule has 0 aromatic heterocycles. The molecule has 4 fully saturated rings. The Morgan fingerprint density at radius 1 is 1.26 bits per heavy atom. The number of carbonyl (C=O) groups excluding carboxylic acids is 2. The maximum atomic E-state index is 11.9. The van der Waals surface area contributed by atoms with E-state index in [9.17, 15) is 9.59 Å². The van der Waals surface area contributed by atoms with E-state index >= 15 is 0 Å². The predicted molar refractivity (Wildman–Crippen MR) is 99.2 cm³/mol. The van der Waals surface area contributed by atoms with Gasteiger partial charge in [-0.05, 0) is 54.8 Å². The Morgan fingerprint density at radius 3 is 2.70 bits per heavy atom. The van der Waals surface area contributed by atoms with Crippen molar-refractivity contribution < 1.29 is 23.8 Å². The molecule has 2 aliphatic carbocycles. The molecule has 5 nitrogen and oxygen atoms in total. The van der Waals surface area contributed by atoms with Gasteiger partial charge in [-0.3, -0.25) is 9.59 Å². The van der Waals surface area contributed by atoms with Crippen molar-refractivity contribution in [3.05, 3.63) is 12.2 Å². The van der Waals surface area contributed by atoms with E-state index in [2.05, 4.69) is 27.4 Å². The van der Waals surface area contributed by atoms with E-state index < -0.39 is 12.6 Å². The largest absolute Gasteiger partial charge is 0.435 e. The highest BCUT2D eigenvalue weighted by molar-refractivity contribution is 5.72. The Labute approximate surface area is 161 Å². The quantitative estimate of drug-likeness (QED) is 0.534. The van der Waals surface area contributed by atoms with Gasteiger partial charge in [0, 0.05) is 18.8 Å². The minimum Gasteiger partial charge on any atom is -0.435 e. The number of esters is 2. The van der Waals surface area contributed by atoms with Gasteiger partial charge in [0.1, 0.15) is 0 Å².